The van der Waals surface area contributed by atoms with Gasteiger partial charge >= 0.3 is 0 Å². The first-order valence-electron chi connectivity index (χ1n) is 4.12. The van der Waals surface area contributed by atoms with Gasteiger partial charge < -0.3 is 11.1 Å². The third-order valence-corrected chi connectivity index (χ3v) is 2.41. The molecule has 14 heavy (non-hydrogen) atoms. The summed E-state index contributed by atoms with van der Waals surface area (Å²) in [6.07, 6.45) is -2.32. The minimum absolute atomic E-state index is 0.296. The van der Waals surface area contributed by atoms with Gasteiger partial charge in [-0.05, 0) is 33.6 Å². The van der Waals surface area contributed by atoms with Crippen LogP contribution in [-0.4, -0.2) is 13.0 Å². The maximum atomic E-state index is 11.8. The molecule has 0 saturated heterocycles. The molecule has 0 heterocycles. The standard InChI is InChI=1S/C9H11BrF2N2/c10-7-2-1-6(3-8(7)13)4-14-5-9(11)12/h1-3,9,14H,4-5,13H2. The number of nitrogen functional groups attached to an aromatic ring is 1. The number of alkyl halides is 2. The highest BCUT2D eigenvalue weighted by Gasteiger charge is 2.02. The number of nitrogens with two attached hydrogens (primary N) is 1. The van der Waals surface area contributed by atoms with E-state index in [1.807, 2.05) is 6.07 Å². The Labute approximate surface area is 89.6 Å². The normalized spacial score (nSPS) is 10.9. The Hall–Kier alpha value is -0.680. The molecule has 0 bridgehead atoms. The fraction of sp³-hybridized carbons (Fsp3) is 0.333. The monoisotopic (exact) mass is 264 g/mol. The molecule has 1 aromatic rings. The van der Waals surface area contributed by atoms with E-state index in [1.54, 1.807) is 12.1 Å². The predicted molar refractivity (Wildman–Crippen MR) is 56.3 cm³/mol. The van der Waals surface area contributed by atoms with Crippen LogP contribution in [0.25, 0.3) is 0 Å². The molecule has 78 valence electrons. The van der Waals surface area contributed by atoms with Gasteiger partial charge in [0.25, 0.3) is 6.43 Å². The van der Waals surface area contributed by atoms with Crippen molar-refractivity contribution in [2.45, 2.75) is 13.0 Å². The molecule has 0 aromatic heterocycles. The smallest absolute Gasteiger partial charge is 0.250 e. The van der Waals surface area contributed by atoms with Crippen LogP contribution in [0.4, 0.5) is 14.5 Å². The summed E-state index contributed by atoms with van der Waals surface area (Å²) < 4.78 is 24.4. The molecule has 0 atom stereocenters. The lowest BCUT2D eigenvalue weighted by Gasteiger charge is -2.05. The van der Waals surface area contributed by atoms with Crippen molar-refractivity contribution in [3.8, 4) is 0 Å². The number of benzene rings is 1. The summed E-state index contributed by atoms with van der Waals surface area (Å²) in [5.74, 6) is 0. The van der Waals surface area contributed by atoms with E-state index in [9.17, 15) is 8.78 Å². The van der Waals surface area contributed by atoms with E-state index in [-0.39, 0.29) is 6.54 Å². The largest absolute Gasteiger partial charge is 0.398 e. The first kappa shape index (κ1) is 11.4. The Balaban J connectivity index is 2.47. The van der Waals surface area contributed by atoms with Gasteiger partial charge in [0, 0.05) is 16.7 Å². The van der Waals surface area contributed by atoms with Crippen LogP contribution in [-0.2, 0) is 6.54 Å². The van der Waals surface area contributed by atoms with Gasteiger partial charge in [-0.2, -0.15) is 0 Å². The van der Waals surface area contributed by atoms with Crippen LogP contribution in [0.5, 0.6) is 0 Å². The fourth-order valence-electron chi connectivity index (χ4n) is 1.03. The Kier molecular flexibility index (Phi) is 4.28. The summed E-state index contributed by atoms with van der Waals surface area (Å²) in [4.78, 5) is 0. The molecule has 1 rings (SSSR count). The van der Waals surface area contributed by atoms with Crippen LogP contribution in [0.3, 0.4) is 0 Å². The van der Waals surface area contributed by atoms with Crippen LogP contribution in [0.2, 0.25) is 0 Å². The number of halogens is 3. The Bertz CT molecular complexity index is 305. The van der Waals surface area contributed by atoms with E-state index in [4.69, 9.17) is 5.73 Å². The zero-order chi connectivity index (χ0) is 10.6. The summed E-state index contributed by atoms with van der Waals surface area (Å²) in [6, 6.07) is 5.39. The van der Waals surface area contributed by atoms with Crippen molar-refractivity contribution in [2.75, 3.05) is 12.3 Å². The zero-order valence-corrected chi connectivity index (χ0v) is 9.02. The first-order chi connectivity index (χ1) is 6.59. The highest BCUT2D eigenvalue weighted by atomic mass is 79.9. The number of nitrogens with one attached hydrogen (secondary N) is 1. The molecule has 3 N–H and O–H groups in total. The second-order valence-electron chi connectivity index (χ2n) is 2.88. The van der Waals surface area contributed by atoms with Crippen LogP contribution in [0.15, 0.2) is 22.7 Å². The third-order valence-electron chi connectivity index (χ3n) is 1.69. The molecule has 2 nitrogen and oxygen atoms in total. The van der Waals surface area contributed by atoms with Crippen molar-refractivity contribution in [1.82, 2.24) is 5.32 Å². The van der Waals surface area contributed by atoms with E-state index < -0.39 is 6.43 Å². The topological polar surface area (TPSA) is 38.0 Å². The van der Waals surface area contributed by atoms with Gasteiger partial charge in [0.05, 0.1) is 6.54 Å². The Morgan fingerprint density at radius 1 is 1.43 bits per heavy atom. The van der Waals surface area contributed by atoms with Crippen LogP contribution in [0, 0.1) is 0 Å². The number of hydrogen-bond acceptors (Lipinski definition) is 2. The molecule has 0 aliphatic carbocycles. The summed E-state index contributed by atoms with van der Waals surface area (Å²) in [5.41, 5.74) is 7.14. The van der Waals surface area contributed by atoms with Gasteiger partial charge in [-0.1, -0.05) is 6.07 Å². The van der Waals surface area contributed by atoms with Crippen LogP contribution in [0.1, 0.15) is 5.56 Å². The summed E-state index contributed by atoms with van der Waals surface area (Å²) >= 11 is 3.26. The molecule has 0 amide bonds. The molecule has 0 aliphatic rings. The van der Waals surface area contributed by atoms with Gasteiger partial charge in [0.1, 0.15) is 0 Å². The summed E-state index contributed by atoms with van der Waals surface area (Å²) in [5, 5.41) is 2.63. The molecule has 1 aromatic carbocycles. The molecule has 0 radical (unpaired) electrons. The van der Waals surface area contributed by atoms with Gasteiger partial charge in [-0.25, -0.2) is 8.78 Å². The second-order valence-corrected chi connectivity index (χ2v) is 3.73. The van der Waals surface area contributed by atoms with Gasteiger partial charge in [0.2, 0.25) is 0 Å². The highest BCUT2D eigenvalue weighted by Crippen LogP contribution is 2.19. The zero-order valence-electron chi connectivity index (χ0n) is 7.43. The third kappa shape index (κ3) is 3.59. The van der Waals surface area contributed by atoms with Crippen molar-refractivity contribution >= 4 is 21.6 Å². The molecule has 0 saturated carbocycles. The number of hydrogen-bond donors (Lipinski definition) is 2. The van der Waals surface area contributed by atoms with Crippen molar-refractivity contribution in [2.24, 2.45) is 0 Å². The lowest BCUT2D eigenvalue weighted by Crippen LogP contribution is -2.20. The lowest BCUT2D eigenvalue weighted by atomic mass is 10.2. The molecule has 0 unspecified atom stereocenters. The van der Waals surface area contributed by atoms with E-state index in [0.717, 1.165) is 10.0 Å². The van der Waals surface area contributed by atoms with E-state index in [2.05, 4.69) is 21.2 Å². The maximum Gasteiger partial charge on any atom is 0.250 e. The van der Waals surface area contributed by atoms with Crippen LogP contribution >= 0.6 is 15.9 Å². The van der Waals surface area contributed by atoms with E-state index in [0.29, 0.717) is 12.2 Å². The minimum atomic E-state index is -2.32. The van der Waals surface area contributed by atoms with Gasteiger partial charge in [-0.3, -0.25) is 0 Å². The SMILES string of the molecule is Nc1cc(CNCC(F)F)ccc1Br. The second kappa shape index (κ2) is 5.26. The van der Waals surface area contributed by atoms with Crippen molar-refractivity contribution in [3.05, 3.63) is 28.2 Å². The highest BCUT2D eigenvalue weighted by molar-refractivity contribution is 9.10. The maximum absolute atomic E-state index is 11.8. The minimum Gasteiger partial charge on any atom is -0.398 e. The van der Waals surface area contributed by atoms with Crippen molar-refractivity contribution in [3.63, 3.8) is 0 Å². The molecule has 0 fully saturated rings. The Morgan fingerprint density at radius 2 is 2.14 bits per heavy atom. The summed E-state index contributed by atoms with van der Waals surface area (Å²) in [6.45, 7) is 0.109. The Morgan fingerprint density at radius 3 is 2.71 bits per heavy atom. The summed E-state index contributed by atoms with van der Waals surface area (Å²) in [7, 11) is 0. The first-order valence-corrected chi connectivity index (χ1v) is 4.91. The van der Waals surface area contributed by atoms with Crippen molar-refractivity contribution < 1.29 is 8.78 Å². The molecular formula is C9H11BrF2N2. The molecule has 0 aliphatic heterocycles. The number of anilines is 1. The quantitative estimate of drug-likeness (QED) is 0.820. The fourth-order valence-corrected chi connectivity index (χ4v) is 1.28. The average Bonchev–Trinajstić information content (AvgIpc) is 2.10. The van der Waals surface area contributed by atoms with Crippen LogP contribution < -0.4 is 11.1 Å². The lowest BCUT2D eigenvalue weighted by molar-refractivity contribution is 0.145. The molecule has 0 spiro atoms. The van der Waals surface area contributed by atoms with Gasteiger partial charge in [-0.15, -0.1) is 0 Å². The van der Waals surface area contributed by atoms with Crippen molar-refractivity contribution in [1.29, 1.82) is 0 Å². The number of rotatable bonds is 4. The predicted octanol–water partition coefficient (Wildman–Crippen LogP) is 2.39. The van der Waals surface area contributed by atoms with E-state index in [1.165, 1.54) is 0 Å². The molecular weight excluding hydrogens is 254 g/mol. The van der Waals surface area contributed by atoms with E-state index >= 15 is 0 Å². The molecule has 5 heteroatoms. The van der Waals surface area contributed by atoms with Gasteiger partial charge in [0.15, 0.2) is 0 Å². The average molecular weight is 265 g/mol.